The first kappa shape index (κ1) is 18.8. The number of hydrogen-bond acceptors (Lipinski definition) is 1. The monoisotopic (exact) mass is 364 g/mol. The van der Waals surface area contributed by atoms with Crippen LogP contribution in [0.1, 0.15) is 18.9 Å². The minimum atomic E-state index is -0.828. The number of benzene rings is 3. The predicted molar refractivity (Wildman–Crippen MR) is 108 cm³/mol. The van der Waals surface area contributed by atoms with Crippen molar-refractivity contribution in [2.45, 2.75) is 19.8 Å². The second-order valence-electron chi connectivity index (χ2n) is 6.34. The topological polar surface area (TPSA) is 9.23 Å². The van der Waals surface area contributed by atoms with Gasteiger partial charge in [0.15, 0.2) is 11.6 Å². The van der Waals surface area contributed by atoms with Gasteiger partial charge in [-0.3, -0.25) is 0 Å². The number of ether oxygens (including phenoxy) is 1. The van der Waals surface area contributed by atoms with Gasteiger partial charge in [-0.25, -0.2) is 8.78 Å². The van der Waals surface area contributed by atoms with E-state index < -0.39 is 11.6 Å². The van der Waals surface area contributed by atoms with Gasteiger partial charge in [-0.15, -0.1) is 6.58 Å². The van der Waals surface area contributed by atoms with E-state index in [1.54, 1.807) is 36.4 Å². The molecule has 0 aliphatic heterocycles. The van der Waals surface area contributed by atoms with Gasteiger partial charge < -0.3 is 4.74 Å². The van der Waals surface area contributed by atoms with Crippen molar-refractivity contribution in [1.29, 1.82) is 0 Å². The molecular weight excluding hydrogens is 342 g/mol. The standard InChI is InChI=1S/C24H22F2O/c1-3-5-7-17-8-9-19-16-22(24(26)23(25)21(19)15-17)18-10-12-20(13-11-18)27-14-6-4-2/h3-4,6,8-13,15-16H,1,5,7,14H2,2H3. The van der Waals surface area contributed by atoms with Crippen molar-refractivity contribution in [2.24, 2.45) is 0 Å². The van der Waals surface area contributed by atoms with Gasteiger partial charge in [0.25, 0.3) is 0 Å². The van der Waals surface area contributed by atoms with E-state index in [1.165, 1.54) is 0 Å². The average molecular weight is 364 g/mol. The zero-order valence-corrected chi connectivity index (χ0v) is 15.3. The third kappa shape index (κ3) is 4.25. The lowest BCUT2D eigenvalue weighted by molar-refractivity contribution is 0.363. The van der Waals surface area contributed by atoms with Gasteiger partial charge in [-0.2, -0.15) is 0 Å². The van der Waals surface area contributed by atoms with E-state index in [0.717, 1.165) is 18.4 Å². The zero-order chi connectivity index (χ0) is 19.2. The van der Waals surface area contributed by atoms with Crippen molar-refractivity contribution < 1.29 is 13.5 Å². The predicted octanol–water partition coefficient (Wildman–Crippen LogP) is 6.86. The first-order valence-corrected chi connectivity index (χ1v) is 9.00. The molecule has 0 saturated heterocycles. The highest BCUT2D eigenvalue weighted by molar-refractivity contribution is 5.89. The maximum atomic E-state index is 14.7. The highest BCUT2D eigenvalue weighted by atomic mass is 19.2. The Morgan fingerprint density at radius 1 is 1.00 bits per heavy atom. The Kier molecular flexibility index (Phi) is 6.02. The van der Waals surface area contributed by atoms with E-state index in [9.17, 15) is 8.78 Å². The van der Waals surface area contributed by atoms with Gasteiger partial charge in [0, 0.05) is 10.9 Å². The molecule has 3 rings (SSSR count). The fourth-order valence-electron chi connectivity index (χ4n) is 2.98. The number of rotatable bonds is 7. The number of halogens is 2. The van der Waals surface area contributed by atoms with Crippen LogP contribution in [-0.4, -0.2) is 6.61 Å². The molecule has 0 aromatic heterocycles. The van der Waals surface area contributed by atoms with Crippen molar-refractivity contribution >= 4 is 10.8 Å². The van der Waals surface area contributed by atoms with Crippen LogP contribution in [0.5, 0.6) is 5.75 Å². The quantitative estimate of drug-likeness (QED) is 0.416. The molecule has 0 heterocycles. The first-order chi connectivity index (χ1) is 13.1. The third-order valence-electron chi connectivity index (χ3n) is 4.47. The fourth-order valence-corrected chi connectivity index (χ4v) is 2.98. The van der Waals surface area contributed by atoms with Gasteiger partial charge >= 0.3 is 0 Å². The third-order valence-corrected chi connectivity index (χ3v) is 4.47. The summed E-state index contributed by atoms with van der Waals surface area (Å²) in [6.07, 6.45) is 7.18. The van der Waals surface area contributed by atoms with Crippen LogP contribution in [0.3, 0.4) is 0 Å². The number of fused-ring (bicyclic) bond motifs is 1. The lowest BCUT2D eigenvalue weighted by Crippen LogP contribution is -1.95. The van der Waals surface area contributed by atoms with E-state index >= 15 is 0 Å². The van der Waals surface area contributed by atoms with E-state index in [4.69, 9.17) is 4.74 Å². The summed E-state index contributed by atoms with van der Waals surface area (Å²) in [6, 6.07) is 14.2. The molecule has 1 nitrogen and oxygen atoms in total. The molecule has 138 valence electrons. The van der Waals surface area contributed by atoms with E-state index in [2.05, 4.69) is 6.58 Å². The largest absolute Gasteiger partial charge is 0.490 e. The molecule has 3 aromatic carbocycles. The normalized spacial score (nSPS) is 11.2. The molecule has 0 atom stereocenters. The number of allylic oxidation sites excluding steroid dienone is 2. The summed E-state index contributed by atoms with van der Waals surface area (Å²) >= 11 is 0. The maximum absolute atomic E-state index is 14.7. The molecule has 0 aliphatic carbocycles. The minimum absolute atomic E-state index is 0.249. The summed E-state index contributed by atoms with van der Waals surface area (Å²) in [5.41, 5.74) is 1.83. The van der Waals surface area contributed by atoms with Crippen LogP contribution in [0.15, 0.2) is 73.3 Å². The second kappa shape index (κ2) is 8.63. The highest BCUT2D eigenvalue weighted by Crippen LogP contribution is 2.32. The molecule has 3 heteroatoms. The zero-order valence-electron chi connectivity index (χ0n) is 15.3. The fraction of sp³-hybridized carbons (Fsp3) is 0.167. The Bertz CT molecular complexity index is 972. The van der Waals surface area contributed by atoms with Crippen molar-refractivity contribution in [3.8, 4) is 16.9 Å². The molecule has 0 amide bonds. The minimum Gasteiger partial charge on any atom is -0.490 e. The lowest BCUT2D eigenvalue weighted by Gasteiger charge is -2.10. The van der Waals surface area contributed by atoms with Gasteiger partial charge in [-0.05, 0) is 60.5 Å². The van der Waals surface area contributed by atoms with E-state index in [0.29, 0.717) is 28.7 Å². The van der Waals surface area contributed by atoms with Crippen LogP contribution in [0.4, 0.5) is 8.78 Å². The maximum Gasteiger partial charge on any atom is 0.167 e. The summed E-state index contributed by atoms with van der Waals surface area (Å²) in [5, 5.41) is 0.990. The Morgan fingerprint density at radius 2 is 1.78 bits per heavy atom. The second-order valence-corrected chi connectivity index (χ2v) is 6.34. The molecule has 0 aliphatic rings. The van der Waals surface area contributed by atoms with Crippen LogP contribution in [0.2, 0.25) is 0 Å². The summed E-state index contributed by atoms with van der Waals surface area (Å²) in [7, 11) is 0. The molecule has 3 aromatic rings. The Balaban J connectivity index is 1.95. The van der Waals surface area contributed by atoms with Crippen LogP contribution >= 0.6 is 0 Å². The molecule has 0 unspecified atom stereocenters. The molecule has 0 saturated carbocycles. The first-order valence-electron chi connectivity index (χ1n) is 9.00. The smallest absolute Gasteiger partial charge is 0.167 e. The molecule has 0 bridgehead atoms. The Hall–Kier alpha value is -2.94. The summed E-state index contributed by atoms with van der Waals surface area (Å²) in [5.74, 6) is -0.951. The van der Waals surface area contributed by atoms with Gasteiger partial charge in [0.05, 0.1) is 0 Å². The van der Waals surface area contributed by atoms with Crippen LogP contribution in [-0.2, 0) is 6.42 Å². The Labute approximate surface area is 158 Å². The number of hydrogen-bond donors (Lipinski definition) is 0. The van der Waals surface area contributed by atoms with Crippen molar-refractivity contribution in [1.82, 2.24) is 0 Å². The molecule has 0 N–H and O–H groups in total. The van der Waals surface area contributed by atoms with Crippen molar-refractivity contribution in [3.05, 3.63) is 90.5 Å². The Morgan fingerprint density at radius 3 is 2.48 bits per heavy atom. The van der Waals surface area contributed by atoms with Crippen LogP contribution in [0, 0.1) is 11.6 Å². The molecular formula is C24H22F2O. The molecule has 27 heavy (non-hydrogen) atoms. The SMILES string of the molecule is C=CCCc1ccc2cc(-c3ccc(OCC=CC)cc3)c(F)c(F)c2c1. The van der Waals surface area contributed by atoms with Gasteiger partial charge in [0.2, 0.25) is 0 Å². The van der Waals surface area contributed by atoms with Crippen molar-refractivity contribution in [2.75, 3.05) is 6.61 Å². The van der Waals surface area contributed by atoms with Gasteiger partial charge in [0.1, 0.15) is 12.4 Å². The molecule has 0 spiro atoms. The van der Waals surface area contributed by atoms with Crippen molar-refractivity contribution in [3.63, 3.8) is 0 Å². The van der Waals surface area contributed by atoms with Crippen LogP contribution < -0.4 is 4.74 Å². The van der Waals surface area contributed by atoms with Crippen LogP contribution in [0.25, 0.3) is 21.9 Å². The van der Waals surface area contributed by atoms with E-state index in [1.807, 2.05) is 37.3 Å². The molecule has 0 fully saturated rings. The molecule has 0 radical (unpaired) electrons. The summed E-state index contributed by atoms with van der Waals surface area (Å²) in [6.45, 7) is 6.09. The lowest BCUT2D eigenvalue weighted by atomic mass is 9.97. The summed E-state index contributed by atoms with van der Waals surface area (Å²) < 4.78 is 35.0. The van der Waals surface area contributed by atoms with E-state index in [-0.39, 0.29) is 5.56 Å². The summed E-state index contributed by atoms with van der Waals surface area (Å²) in [4.78, 5) is 0. The average Bonchev–Trinajstić information content (AvgIpc) is 2.70. The van der Waals surface area contributed by atoms with Gasteiger partial charge in [-0.1, -0.05) is 42.5 Å². The number of aryl methyl sites for hydroxylation is 1. The highest BCUT2D eigenvalue weighted by Gasteiger charge is 2.15.